The molecular weight excluding hydrogens is 523 g/mol. The topological polar surface area (TPSA) is 107 Å². The van der Waals surface area contributed by atoms with E-state index in [1.165, 1.54) is 29.5 Å². The molecule has 2 amide bonds. The van der Waals surface area contributed by atoms with E-state index >= 15 is 0 Å². The molecule has 0 bridgehead atoms. The number of halogens is 2. The Morgan fingerprint density at radius 3 is 2.58 bits per heavy atom. The maximum Gasteiger partial charge on any atom is 0.305 e. The number of carboxylic acids is 1. The first-order chi connectivity index (χ1) is 17.2. The van der Waals surface area contributed by atoms with Gasteiger partial charge in [-0.05, 0) is 65.1 Å². The average molecular weight is 547 g/mol. The molecule has 3 N–H and O–H groups in total. The van der Waals surface area contributed by atoms with Crippen molar-refractivity contribution in [2.45, 2.75) is 25.3 Å². The zero-order chi connectivity index (χ0) is 25.8. The first kappa shape index (κ1) is 26.0. The summed E-state index contributed by atoms with van der Waals surface area (Å²) in [6, 6.07) is 9.25. The third-order valence-corrected chi connectivity index (χ3v) is 8.14. The summed E-state index contributed by atoms with van der Waals surface area (Å²) in [5.74, 6) is -1.86. The number of aliphatic carboxylic acids is 1. The molecule has 36 heavy (non-hydrogen) atoms. The van der Waals surface area contributed by atoms with Crippen molar-refractivity contribution in [3.8, 4) is 5.75 Å². The highest BCUT2D eigenvalue weighted by Crippen LogP contribution is 2.37. The molecule has 7 nitrogen and oxygen atoms in total. The van der Waals surface area contributed by atoms with E-state index in [0.717, 1.165) is 10.1 Å². The van der Waals surface area contributed by atoms with Crippen LogP contribution in [0, 0.1) is 5.92 Å². The van der Waals surface area contributed by atoms with E-state index in [9.17, 15) is 24.6 Å². The molecule has 1 atom stereocenters. The van der Waals surface area contributed by atoms with Crippen LogP contribution >= 0.6 is 34.5 Å². The van der Waals surface area contributed by atoms with E-state index in [1.54, 1.807) is 23.1 Å². The number of rotatable bonds is 7. The van der Waals surface area contributed by atoms with Crippen molar-refractivity contribution in [3.63, 3.8) is 0 Å². The molecule has 1 saturated heterocycles. The number of nitrogens with zero attached hydrogens (tertiary/aromatic N) is 1. The first-order valence-corrected chi connectivity index (χ1v) is 13.0. The molecule has 0 radical (unpaired) electrons. The smallest absolute Gasteiger partial charge is 0.305 e. The van der Waals surface area contributed by atoms with Crippen molar-refractivity contribution in [1.82, 2.24) is 10.2 Å². The summed E-state index contributed by atoms with van der Waals surface area (Å²) in [5, 5.41) is 25.5. The lowest BCUT2D eigenvalue weighted by Crippen LogP contribution is -2.43. The molecular formula is C26H24Cl2N2O5S. The fourth-order valence-electron chi connectivity index (χ4n) is 4.28. The number of nitrogens with one attached hydrogen (secondary N) is 1. The van der Waals surface area contributed by atoms with E-state index in [2.05, 4.69) is 5.32 Å². The fraction of sp³-hybridized carbons (Fsp3) is 0.269. The molecule has 0 saturated carbocycles. The Balaban J connectivity index is 1.35. The van der Waals surface area contributed by atoms with Crippen molar-refractivity contribution in [2.75, 3.05) is 13.1 Å². The number of benzene rings is 2. The maximum absolute atomic E-state index is 12.9. The minimum absolute atomic E-state index is 0.00388. The van der Waals surface area contributed by atoms with E-state index < -0.39 is 12.0 Å². The van der Waals surface area contributed by atoms with Gasteiger partial charge in [0.05, 0.1) is 27.2 Å². The lowest BCUT2D eigenvalue weighted by molar-refractivity contribution is -0.138. The molecule has 1 aliphatic rings. The molecule has 1 aromatic heterocycles. The molecule has 10 heteroatoms. The summed E-state index contributed by atoms with van der Waals surface area (Å²) in [6.07, 6.45) is 3.72. The Kier molecular flexibility index (Phi) is 8.18. The number of fused-ring (bicyclic) bond motifs is 1. The van der Waals surface area contributed by atoms with Crippen LogP contribution in [0.25, 0.3) is 16.2 Å². The Morgan fingerprint density at radius 2 is 1.89 bits per heavy atom. The lowest BCUT2D eigenvalue weighted by Gasteiger charge is -2.31. The number of phenols is 1. The van der Waals surface area contributed by atoms with Crippen molar-refractivity contribution < 1.29 is 24.6 Å². The van der Waals surface area contributed by atoms with Crippen molar-refractivity contribution in [1.29, 1.82) is 0 Å². The number of carboxylic acid groups (broad SMARTS) is 1. The van der Waals surface area contributed by atoms with E-state index in [4.69, 9.17) is 23.2 Å². The molecule has 188 valence electrons. The van der Waals surface area contributed by atoms with Crippen LogP contribution in [0.4, 0.5) is 0 Å². The molecule has 2 aromatic carbocycles. The second kappa shape index (κ2) is 11.3. The summed E-state index contributed by atoms with van der Waals surface area (Å²) in [5.41, 5.74) is 1.18. The van der Waals surface area contributed by atoms with Crippen molar-refractivity contribution >= 4 is 68.5 Å². The van der Waals surface area contributed by atoms with Gasteiger partial charge in [0.2, 0.25) is 11.8 Å². The van der Waals surface area contributed by atoms with Gasteiger partial charge in [-0.1, -0.05) is 35.3 Å². The molecule has 1 aliphatic heterocycles. The molecule has 3 aromatic rings. The van der Waals surface area contributed by atoms with Gasteiger partial charge in [-0.15, -0.1) is 11.3 Å². The summed E-state index contributed by atoms with van der Waals surface area (Å²) in [6.45, 7) is 0.796. The number of amides is 2. The minimum atomic E-state index is -1.06. The molecule has 0 aliphatic carbocycles. The number of phenolic OH excluding ortho intramolecular Hbond substituents is 1. The number of hydrogen-bond donors (Lipinski definition) is 3. The van der Waals surface area contributed by atoms with E-state index in [0.29, 0.717) is 47.1 Å². The normalized spacial score (nSPS) is 15.3. The second-order valence-corrected chi connectivity index (χ2v) is 10.3. The highest BCUT2D eigenvalue weighted by Gasteiger charge is 2.29. The third-order valence-electron chi connectivity index (χ3n) is 6.20. The summed E-state index contributed by atoms with van der Waals surface area (Å²) >= 11 is 14.2. The van der Waals surface area contributed by atoms with Crippen molar-refractivity contribution in [3.05, 3.63) is 69.0 Å². The summed E-state index contributed by atoms with van der Waals surface area (Å²) in [4.78, 5) is 38.6. The number of aromatic hydroxyl groups is 1. The highest BCUT2D eigenvalue weighted by molar-refractivity contribution is 7.18. The van der Waals surface area contributed by atoms with Gasteiger partial charge in [0.15, 0.2) is 0 Å². The first-order valence-electron chi connectivity index (χ1n) is 11.4. The lowest BCUT2D eigenvalue weighted by atomic mass is 9.94. The second-order valence-electron chi connectivity index (χ2n) is 8.62. The Hall–Kier alpha value is -3.07. The van der Waals surface area contributed by atoms with Gasteiger partial charge >= 0.3 is 5.97 Å². The third kappa shape index (κ3) is 6.00. The molecule has 2 heterocycles. The standard InChI is InChI=1S/C26H24Cl2N2O5S/c27-23-17(12-18-8-11-36-25(18)24(23)28)4-5-21(32)30-9-6-15(7-10-30)26(35)29-20(14-22(33)34)16-2-1-3-19(31)13-16/h1-5,8,11-13,15,20,31H,6-7,9-10,14H2,(H,29,35)(H,33,34)/b5-4+. The summed E-state index contributed by atoms with van der Waals surface area (Å²) < 4.78 is 0.903. The van der Waals surface area contributed by atoms with Crippen LogP contribution in [0.2, 0.25) is 10.0 Å². The van der Waals surface area contributed by atoms with Crippen LogP contribution in [0.5, 0.6) is 5.75 Å². The maximum atomic E-state index is 12.9. The number of thiophene rings is 1. The van der Waals surface area contributed by atoms with Crippen LogP contribution < -0.4 is 5.32 Å². The van der Waals surface area contributed by atoms with Gasteiger partial charge in [0.25, 0.3) is 0 Å². The van der Waals surface area contributed by atoms with Crippen LogP contribution in [-0.4, -0.2) is 46.0 Å². The number of likely N-dealkylation sites (tertiary alicyclic amines) is 1. The zero-order valence-corrected chi connectivity index (χ0v) is 21.4. The Labute approximate surface area is 221 Å². The SMILES string of the molecule is O=C(O)CC(NC(=O)C1CCN(C(=O)/C=C/c2cc3ccsc3c(Cl)c2Cl)CC1)c1cccc(O)c1. The quantitative estimate of drug-likeness (QED) is 0.339. The van der Waals surface area contributed by atoms with E-state index in [-0.39, 0.29) is 29.9 Å². The van der Waals surface area contributed by atoms with Gasteiger partial charge in [-0.25, -0.2) is 0 Å². The van der Waals surface area contributed by atoms with Crippen LogP contribution in [0.3, 0.4) is 0 Å². The molecule has 1 unspecified atom stereocenters. The fourth-order valence-corrected chi connectivity index (χ4v) is 5.72. The molecule has 0 spiro atoms. The number of hydrogen-bond acceptors (Lipinski definition) is 5. The predicted octanol–water partition coefficient (Wildman–Crippen LogP) is 5.50. The van der Waals surface area contributed by atoms with Crippen LogP contribution in [0.15, 0.2) is 47.9 Å². The van der Waals surface area contributed by atoms with E-state index in [1.807, 2.05) is 17.5 Å². The number of carbonyl (C=O) groups excluding carboxylic acids is 2. The summed E-state index contributed by atoms with van der Waals surface area (Å²) in [7, 11) is 0. The van der Waals surface area contributed by atoms with Crippen LogP contribution in [0.1, 0.15) is 36.4 Å². The van der Waals surface area contributed by atoms with Crippen LogP contribution in [-0.2, 0) is 14.4 Å². The monoisotopic (exact) mass is 546 g/mol. The van der Waals surface area contributed by atoms with Gasteiger partial charge in [0.1, 0.15) is 5.75 Å². The van der Waals surface area contributed by atoms with Gasteiger partial charge in [-0.2, -0.15) is 0 Å². The highest BCUT2D eigenvalue weighted by atomic mass is 35.5. The zero-order valence-electron chi connectivity index (χ0n) is 19.1. The Morgan fingerprint density at radius 1 is 1.14 bits per heavy atom. The van der Waals surface area contributed by atoms with Gasteiger partial charge in [-0.3, -0.25) is 14.4 Å². The van der Waals surface area contributed by atoms with Crippen molar-refractivity contribution in [2.24, 2.45) is 5.92 Å². The van der Waals surface area contributed by atoms with Gasteiger partial charge in [0, 0.05) is 25.1 Å². The molecule has 4 rings (SSSR count). The largest absolute Gasteiger partial charge is 0.508 e. The Bertz CT molecular complexity index is 1330. The van der Waals surface area contributed by atoms with Gasteiger partial charge < -0.3 is 20.4 Å². The average Bonchev–Trinajstić information content (AvgIpc) is 3.33. The minimum Gasteiger partial charge on any atom is -0.508 e. The molecule has 1 fully saturated rings. The number of carbonyl (C=O) groups is 3. The number of piperidine rings is 1. The predicted molar refractivity (Wildman–Crippen MR) is 141 cm³/mol.